The number of ether oxygens (including phenoxy) is 1. The van der Waals surface area contributed by atoms with E-state index in [0.717, 1.165) is 30.0 Å². The molecule has 0 amide bonds. The summed E-state index contributed by atoms with van der Waals surface area (Å²) in [6.45, 7) is 8.54. The Morgan fingerprint density at radius 1 is 1.47 bits per heavy atom. The number of aromatic nitrogens is 2. The van der Waals surface area contributed by atoms with Crippen LogP contribution in [-0.4, -0.2) is 29.1 Å². The Morgan fingerprint density at radius 3 is 3.11 bits per heavy atom. The Labute approximate surface area is 118 Å². The van der Waals surface area contributed by atoms with Gasteiger partial charge in [0, 0.05) is 25.5 Å². The van der Waals surface area contributed by atoms with Crippen LogP contribution in [0.15, 0.2) is 36.7 Å². The van der Waals surface area contributed by atoms with Crippen LogP contribution in [0.1, 0.15) is 12.6 Å². The fourth-order valence-electron chi connectivity index (χ4n) is 1.71. The third-order valence-electron chi connectivity index (χ3n) is 2.54. The van der Waals surface area contributed by atoms with Crippen LogP contribution >= 0.6 is 11.6 Å². The van der Waals surface area contributed by atoms with Crippen molar-refractivity contribution in [1.82, 2.24) is 14.7 Å². The molecule has 0 saturated carbocycles. The molecule has 0 spiro atoms. The van der Waals surface area contributed by atoms with Crippen LogP contribution in [0.4, 0.5) is 0 Å². The highest BCUT2D eigenvalue weighted by Crippen LogP contribution is 2.11. The fourth-order valence-corrected chi connectivity index (χ4v) is 1.88. The summed E-state index contributed by atoms with van der Waals surface area (Å²) in [5.41, 5.74) is 2.93. The van der Waals surface area contributed by atoms with E-state index in [4.69, 9.17) is 16.3 Å². The molecule has 19 heavy (non-hydrogen) atoms. The Kier molecular flexibility index (Phi) is 4.96. The summed E-state index contributed by atoms with van der Waals surface area (Å²) in [7, 11) is 0. The number of hydrogen-bond donors (Lipinski definition) is 1. The molecule has 0 aliphatic carbocycles. The van der Waals surface area contributed by atoms with Crippen LogP contribution < -0.4 is 5.32 Å². The Bertz CT molecular complexity index is 565. The standard InChI is InChI=1S/C14H18ClN3O/c1-11(2)10-19-6-5-16-7-13-9-18-8-12(15)3-4-14(18)17-13/h3-4,8-9,16H,1,5-7,10H2,2H3. The van der Waals surface area contributed by atoms with Crippen LogP contribution in [0.5, 0.6) is 0 Å². The monoisotopic (exact) mass is 279 g/mol. The lowest BCUT2D eigenvalue weighted by molar-refractivity contribution is 0.157. The van der Waals surface area contributed by atoms with Gasteiger partial charge in [-0.1, -0.05) is 23.8 Å². The summed E-state index contributed by atoms with van der Waals surface area (Å²) in [6.07, 6.45) is 3.83. The third kappa shape index (κ3) is 4.35. The summed E-state index contributed by atoms with van der Waals surface area (Å²) in [4.78, 5) is 4.49. The van der Waals surface area contributed by atoms with Gasteiger partial charge in [-0.25, -0.2) is 4.98 Å². The lowest BCUT2D eigenvalue weighted by atomic mass is 10.4. The summed E-state index contributed by atoms with van der Waals surface area (Å²) < 4.78 is 7.33. The first-order valence-electron chi connectivity index (χ1n) is 6.21. The van der Waals surface area contributed by atoms with Crippen molar-refractivity contribution in [2.75, 3.05) is 19.8 Å². The first kappa shape index (κ1) is 14.1. The maximum Gasteiger partial charge on any atom is 0.137 e. The molecular formula is C14H18ClN3O. The number of fused-ring (bicyclic) bond motifs is 1. The summed E-state index contributed by atoms with van der Waals surface area (Å²) in [5, 5.41) is 3.99. The minimum atomic E-state index is 0.620. The molecule has 0 radical (unpaired) electrons. The van der Waals surface area contributed by atoms with Crippen molar-refractivity contribution in [3.63, 3.8) is 0 Å². The third-order valence-corrected chi connectivity index (χ3v) is 2.77. The van der Waals surface area contributed by atoms with Gasteiger partial charge in [-0.2, -0.15) is 0 Å². The van der Waals surface area contributed by atoms with Gasteiger partial charge in [-0.05, 0) is 19.1 Å². The lowest BCUT2D eigenvalue weighted by Crippen LogP contribution is -2.19. The van der Waals surface area contributed by atoms with Crippen LogP contribution in [0.2, 0.25) is 5.02 Å². The molecule has 2 rings (SSSR count). The second-order valence-corrected chi connectivity index (χ2v) is 4.97. The van der Waals surface area contributed by atoms with Crippen LogP contribution in [0, 0.1) is 0 Å². The first-order chi connectivity index (χ1) is 9.15. The number of imidazole rings is 1. The lowest BCUT2D eigenvalue weighted by Gasteiger charge is -2.04. The zero-order valence-corrected chi connectivity index (χ0v) is 11.8. The van der Waals surface area contributed by atoms with E-state index in [1.807, 2.05) is 35.9 Å². The average molecular weight is 280 g/mol. The van der Waals surface area contributed by atoms with Crippen molar-refractivity contribution in [3.8, 4) is 0 Å². The van der Waals surface area contributed by atoms with E-state index in [2.05, 4.69) is 16.9 Å². The number of nitrogens with one attached hydrogen (secondary N) is 1. The van der Waals surface area contributed by atoms with E-state index in [1.165, 1.54) is 0 Å². The molecule has 0 aromatic carbocycles. The second-order valence-electron chi connectivity index (χ2n) is 4.53. The number of nitrogens with zero attached hydrogens (tertiary/aromatic N) is 2. The average Bonchev–Trinajstić information content (AvgIpc) is 2.75. The SMILES string of the molecule is C=C(C)COCCNCc1cn2cc(Cl)ccc2n1. The number of pyridine rings is 1. The van der Waals surface area contributed by atoms with Crippen LogP contribution in [0.25, 0.3) is 5.65 Å². The maximum atomic E-state index is 5.93. The molecule has 2 aromatic rings. The van der Waals surface area contributed by atoms with E-state index < -0.39 is 0 Å². The topological polar surface area (TPSA) is 38.6 Å². The van der Waals surface area contributed by atoms with E-state index >= 15 is 0 Å². The molecule has 2 heterocycles. The van der Waals surface area contributed by atoms with Gasteiger partial charge in [-0.15, -0.1) is 0 Å². The molecule has 4 nitrogen and oxygen atoms in total. The van der Waals surface area contributed by atoms with Crippen molar-refractivity contribution in [3.05, 3.63) is 47.4 Å². The van der Waals surface area contributed by atoms with Gasteiger partial charge in [-0.3, -0.25) is 0 Å². The smallest absolute Gasteiger partial charge is 0.137 e. The summed E-state index contributed by atoms with van der Waals surface area (Å²) >= 11 is 5.93. The van der Waals surface area contributed by atoms with Crippen LogP contribution in [-0.2, 0) is 11.3 Å². The highest BCUT2D eigenvalue weighted by Gasteiger charge is 2.01. The van der Waals surface area contributed by atoms with Crippen molar-refractivity contribution in [1.29, 1.82) is 0 Å². The van der Waals surface area contributed by atoms with Gasteiger partial charge in [0.15, 0.2) is 0 Å². The summed E-state index contributed by atoms with van der Waals surface area (Å²) in [5.74, 6) is 0. The molecule has 0 saturated heterocycles. The van der Waals surface area contributed by atoms with Crippen molar-refractivity contribution in [2.45, 2.75) is 13.5 Å². The van der Waals surface area contributed by atoms with Gasteiger partial charge < -0.3 is 14.5 Å². The van der Waals surface area contributed by atoms with Crippen molar-refractivity contribution < 1.29 is 4.74 Å². The Hall–Kier alpha value is -1.36. The molecule has 0 aliphatic rings. The molecule has 0 bridgehead atoms. The minimum Gasteiger partial charge on any atom is -0.376 e. The predicted octanol–water partition coefficient (Wildman–Crippen LogP) is 2.67. The molecular weight excluding hydrogens is 262 g/mol. The first-order valence-corrected chi connectivity index (χ1v) is 6.59. The van der Waals surface area contributed by atoms with E-state index in [9.17, 15) is 0 Å². The van der Waals surface area contributed by atoms with E-state index in [1.54, 1.807) is 0 Å². The molecule has 0 unspecified atom stereocenters. The highest BCUT2D eigenvalue weighted by molar-refractivity contribution is 6.30. The predicted molar refractivity (Wildman–Crippen MR) is 77.5 cm³/mol. The summed E-state index contributed by atoms with van der Waals surface area (Å²) in [6, 6.07) is 3.74. The molecule has 1 N–H and O–H groups in total. The second kappa shape index (κ2) is 6.70. The fraction of sp³-hybridized carbons (Fsp3) is 0.357. The molecule has 2 aromatic heterocycles. The molecule has 0 atom stereocenters. The number of halogens is 1. The zero-order chi connectivity index (χ0) is 13.7. The maximum absolute atomic E-state index is 5.93. The molecule has 102 valence electrons. The quantitative estimate of drug-likeness (QED) is 0.626. The largest absolute Gasteiger partial charge is 0.376 e. The molecule has 5 heteroatoms. The van der Waals surface area contributed by atoms with E-state index in [-0.39, 0.29) is 0 Å². The molecule has 0 aliphatic heterocycles. The zero-order valence-electron chi connectivity index (χ0n) is 11.0. The Morgan fingerprint density at radius 2 is 2.32 bits per heavy atom. The van der Waals surface area contributed by atoms with Gasteiger partial charge >= 0.3 is 0 Å². The minimum absolute atomic E-state index is 0.620. The van der Waals surface area contributed by atoms with Gasteiger partial charge in [0.2, 0.25) is 0 Å². The van der Waals surface area contributed by atoms with Gasteiger partial charge in [0.25, 0.3) is 0 Å². The highest BCUT2D eigenvalue weighted by atomic mass is 35.5. The van der Waals surface area contributed by atoms with Gasteiger partial charge in [0.1, 0.15) is 5.65 Å². The normalized spacial score (nSPS) is 11.1. The Balaban J connectivity index is 1.77. The van der Waals surface area contributed by atoms with Crippen molar-refractivity contribution >= 4 is 17.2 Å². The van der Waals surface area contributed by atoms with E-state index in [0.29, 0.717) is 18.2 Å². The van der Waals surface area contributed by atoms with Crippen LogP contribution in [0.3, 0.4) is 0 Å². The number of hydrogen-bond acceptors (Lipinski definition) is 3. The molecule has 0 fully saturated rings. The van der Waals surface area contributed by atoms with Gasteiger partial charge in [0.05, 0.1) is 23.9 Å². The number of rotatable bonds is 7. The van der Waals surface area contributed by atoms with Crippen molar-refractivity contribution in [2.24, 2.45) is 0 Å².